The van der Waals surface area contributed by atoms with Crippen LogP contribution in [0.3, 0.4) is 0 Å². The average molecular weight is 233 g/mol. The van der Waals surface area contributed by atoms with Crippen molar-refractivity contribution in [3.63, 3.8) is 0 Å². The number of nitrogens with zero attached hydrogens (tertiary/aromatic N) is 2. The van der Waals surface area contributed by atoms with Crippen LogP contribution in [0.1, 0.15) is 22.6 Å². The van der Waals surface area contributed by atoms with Crippen molar-refractivity contribution in [2.75, 3.05) is 0 Å². The molecular weight excluding hydrogens is 224 g/mol. The first-order valence-electron chi connectivity index (χ1n) is 5.01. The Kier molecular flexibility index (Phi) is 2.16. The molecule has 0 aliphatic heterocycles. The lowest BCUT2D eigenvalue weighted by Crippen LogP contribution is -2.15. The predicted molar refractivity (Wildman–Crippen MR) is 61.0 cm³/mol. The maximum atomic E-state index is 10.1. The summed E-state index contributed by atoms with van der Waals surface area (Å²) >= 11 is 6.21. The summed E-state index contributed by atoms with van der Waals surface area (Å²) in [5, 5.41) is 9.62. The first kappa shape index (κ1) is 9.75. The van der Waals surface area contributed by atoms with E-state index in [1.165, 1.54) is 0 Å². The highest BCUT2D eigenvalue weighted by Gasteiger charge is 2.32. The van der Waals surface area contributed by atoms with Gasteiger partial charge in [0.2, 0.25) is 0 Å². The molecule has 0 radical (unpaired) electrons. The fourth-order valence-electron chi connectivity index (χ4n) is 2.02. The van der Waals surface area contributed by atoms with Crippen LogP contribution in [0.4, 0.5) is 0 Å². The van der Waals surface area contributed by atoms with Gasteiger partial charge in [0.15, 0.2) is 0 Å². The Morgan fingerprint density at radius 1 is 1.00 bits per heavy atom. The van der Waals surface area contributed by atoms with E-state index in [9.17, 15) is 5.11 Å². The summed E-state index contributed by atoms with van der Waals surface area (Å²) in [6, 6.07) is 7.31. The summed E-state index contributed by atoms with van der Waals surface area (Å²) in [7, 11) is 0. The molecule has 0 saturated heterocycles. The van der Waals surface area contributed by atoms with E-state index in [-0.39, 0.29) is 0 Å². The minimum absolute atomic E-state index is 0.458. The van der Waals surface area contributed by atoms with E-state index in [0.717, 1.165) is 22.5 Å². The highest BCUT2D eigenvalue weighted by atomic mass is 35.5. The topological polar surface area (TPSA) is 46.0 Å². The van der Waals surface area contributed by atoms with Gasteiger partial charge in [0.1, 0.15) is 6.10 Å². The molecule has 3 rings (SSSR count). The molecule has 2 aromatic heterocycles. The first-order valence-corrected chi connectivity index (χ1v) is 5.45. The molecule has 3 nitrogen and oxygen atoms in total. The molecule has 2 heterocycles. The highest BCUT2D eigenvalue weighted by Crippen LogP contribution is 2.45. The van der Waals surface area contributed by atoms with Crippen LogP contribution in [0.25, 0.3) is 11.4 Å². The molecule has 1 N–H and O–H groups in total. The number of aromatic nitrogens is 2. The van der Waals surface area contributed by atoms with Gasteiger partial charge in [0.25, 0.3) is 0 Å². The maximum Gasteiger partial charge on any atom is 0.102 e. The van der Waals surface area contributed by atoms with Crippen molar-refractivity contribution < 1.29 is 5.11 Å². The Morgan fingerprint density at radius 2 is 1.56 bits per heavy atom. The van der Waals surface area contributed by atoms with Crippen LogP contribution in [-0.4, -0.2) is 15.1 Å². The molecule has 2 unspecified atom stereocenters. The molecule has 0 fully saturated rings. The lowest BCUT2D eigenvalue weighted by atomic mass is 9.90. The Bertz CT molecular complexity index is 495. The zero-order valence-corrected chi connectivity index (χ0v) is 9.09. The monoisotopic (exact) mass is 232 g/mol. The van der Waals surface area contributed by atoms with Gasteiger partial charge in [-0.1, -0.05) is 12.1 Å². The van der Waals surface area contributed by atoms with Crippen LogP contribution < -0.4 is 0 Å². The number of pyridine rings is 2. The number of aliphatic hydroxyl groups is 1. The van der Waals surface area contributed by atoms with Gasteiger partial charge in [0.05, 0.1) is 16.8 Å². The summed E-state index contributed by atoms with van der Waals surface area (Å²) in [5.74, 6) is 0. The Hall–Kier alpha value is -1.45. The van der Waals surface area contributed by atoms with Gasteiger partial charge < -0.3 is 5.11 Å². The molecular formula is C12H9ClN2O. The molecule has 2 aromatic rings. The number of hydrogen-bond donors (Lipinski definition) is 1. The van der Waals surface area contributed by atoms with Crippen molar-refractivity contribution >= 4 is 11.6 Å². The van der Waals surface area contributed by atoms with Crippen LogP contribution in [0.15, 0.2) is 36.7 Å². The van der Waals surface area contributed by atoms with Crippen LogP contribution >= 0.6 is 11.6 Å². The Morgan fingerprint density at radius 3 is 2.25 bits per heavy atom. The molecule has 1 aliphatic rings. The smallest absolute Gasteiger partial charge is 0.102 e. The van der Waals surface area contributed by atoms with Crippen LogP contribution in [0, 0.1) is 0 Å². The zero-order valence-electron chi connectivity index (χ0n) is 8.34. The second kappa shape index (κ2) is 3.54. The summed E-state index contributed by atoms with van der Waals surface area (Å²) in [5.41, 5.74) is 3.07. The van der Waals surface area contributed by atoms with E-state index < -0.39 is 11.5 Å². The number of aliphatic hydroxyl groups excluding tert-OH is 1. The predicted octanol–water partition coefficient (Wildman–Crippen LogP) is 2.47. The summed E-state index contributed by atoms with van der Waals surface area (Å²) in [6.07, 6.45) is 2.68. The Labute approximate surface area is 97.7 Å². The molecule has 0 amide bonds. The molecule has 0 bridgehead atoms. The van der Waals surface area contributed by atoms with Gasteiger partial charge in [-0.2, -0.15) is 0 Å². The number of halogens is 1. The second-order valence-electron chi connectivity index (χ2n) is 3.73. The van der Waals surface area contributed by atoms with Gasteiger partial charge in [-0.15, -0.1) is 11.6 Å². The van der Waals surface area contributed by atoms with Crippen molar-refractivity contribution in [2.24, 2.45) is 0 Å². The largest absolute Gasteiger partial charge is 0.386 e. The first-order chi connectivity index (χ1) is 7.79. The van der Waals surface area contributed by atoms with E-state index in [4.69, 9.17) is 11.6 Å². The quantitative estimate of drug-likeness (QED) is 0.710. The normalized spacial score (nSPS) is 22.4. The third kappa shape index (κ3) is 1.25. The minimum atomic E-state index is -0.720. The van der Waals surface area contributed by atoms with Crippen LogP contribution in [-0.2, 0) is 0 Å². The van der Waals surface area contributed by atoms with E-state index in [1.807, 2.05) is 18.2 Å². The van der Waals surface area contributed by atoms with Crippen molar-refractivity contribution in [3.05, 3.63) is 47.8 Å². The third-order valence-corrected chi connectivity index (χ3v) is 3.27. The molecule has 1 aliphatic carbocycles. The van der Waals surface area contributed by atoms with Crippen molar-refractivity contribution in [1.82, 2.24) is 9.97 Å². The highest BCUT2D eigenvalue weighted by molar-refractivity contribution is 6.22. The van der Waals surface area contributed by atoms with Crippen LogP contribution in [0.5, 0.6) is 0 Å². The van der Waals surface area contributed by atoms with Gasteiger partial charge in [0, 0.05) is 23.5 Å². The number of fused-ring (bicyclic) bond motifs is 3. The molecule has 0 saturated carbocycles. The summed E-state index contributed by atoms with van der Waals surface area (Å²) in [6.45, 7) is 0. The summed E-state index contributed by atoms with van der Waals surface area (Å²) < 4.78 is 0. The molecule has 4 heteroatoms. The van der Waals surface area contributed by atoms with E-state index >= 15 is 0 Å². The third-order valence-electron chi connectivity index (χ3n) is 2.80. The van der Waals surface area contributed by atoms with Gasteiger partial charge >= 0.3 is 0 Å². The minimum Gasteiger partial charge on any atom is -0.386 e. The van der Waals surface area contributed by atoms with E-state index in [0.29, 0.717) is 0 Å². The second-order valence-corrected chi connectivity index (χ2v) is 4.20. The maximum absolute atomic E-state index is 10.1. The van der Waals surface area contributed by atoms with Gasteiger partial charge in [-0.05, 0) is 12.1 Å². The molecule has 2 atom stereocenters. The number of alkyl halides is 1. The lowest BCUT2D eigenvalue weighted by molar-refractivity contribution is 0.170. The molecule has 0 spiro atoms. The fourth-order valence-corrected chi connectivity index (χ4v) is 2.33. The molecule has 16 heavy (non-hydrogen) atoms. The van der Waals surface area contributed by atoms with Crippen molar-refractivity contribution in [1.29, 1.82) is 0 Å². The fraction of sp³-hybridized carbons (Fsp3) is 0.167. The number of rotatable bonds is 0. The molecule has 0 aromatic carbocycles. The van der Waals surface area contributed by atoms with Crippen LogP contribution in [0.2, 0.25) is 0 Å². The lowest BCUT2D eigenvalue weighted by Gasteiger charge is -2.26. The van der Waals surface area contributed by atoms with Gasteiger partial charge in [-0.25, -0.2) is 0 Å². The zero-order chi connectivity index (χ0) is 11.1. The standard InChI is InChI=1S/C12H9ClN2O/c13-9-7-3-1-5-14-10(7)11-8(12(9)16)4-2-6-15-11/h1-6,9,12,16H. The van der Waals surface area contributed by atoms with Crippen molar-refractivity contribution in [3.8, 4) is 11.4 Å². The van der Waals surface area contributed by atoms with E-state index in [1.54, 1.807) is 18.5 Å². The SMILES string of the molecule is OC1c2cccnc2-c2ncccc2C1Cl. The Balaban J connectivity index is 2.33. The van der Waals surface area contributed by atoms with Gasteiger partial charge in [-0.3, -0.25) is 9.97 Å². The molecule has 80 valence electrons. The van der Waals surface area contributed by atoms with E-state index in [2.05, 4.69) is 9.97 Å². The number of hydrogen-bond acceptors (Lipinski definition) is 3. The van der Waals surface area contributed by atoms with Crippen molar-refractivity contribution in [2.45, 2.75) is 11.5 Å². The average Bonchev–Trinajstić information content (AvgIpc) is 2.36. The summed E-state index contributed by atoms with van der Waals surface area (Å²) in [4.78, 5) is 8.55.